The Morgan fingerprint density at radius 1 is 1.37 bits per heavy atom. The van der Waals surface area contributed by atoms with Crippen molar-refractivity contribution in [3.63, 3.8) is 0 Å². The van der Waals surface area contributed by atoms with Crippen molar-refractivity contribution in [1.82, 2.24) is 15.1 Å². The minimum absolute atomic E-state index is 0.459. The molecule has 0 amide bonds. The fourth-order valence-corrected chi connectivity index (χ4v) is 2.84. The van der Waals surface area contributed by atoms with Crippen molar-refractivity contribution >= 4 is 23.4 Å². The molecule has 19 heavy (non-hydrogen) atoms. The minimum Gasteiger partial charge on any atom is -0.310 e. The van der Waals surface area contributed by atoms with Crippen LogP contribution in [0.5, 0.6) is 0 Å². The number of halogens is 1. The Hall–Kier alpha value is -0.970. The van der Waals surface area contributed by atoms with E-state index in [1.54, 1.807) is 16.4 Å². The molecule has 0 fully saturated rings. The summed E-state index contributed by atoms with van der Waals surface area (Å²) in [6.45, 7) is 5.05. The van der Waals surface area contributed by atoms with Gasteiger partial charge in [-0.15, -0.1) is 0 Å². The monoisotopic (exact) mass is 295 g/mol. The zero-order chi connectivity index (χ0) is 13.8. The zero-order valence-corrected chi connectivity index (χ0v) is 12.9. The number of nitrogens with one attached hydrogen (secondary N) is 1. The normalized spacial score (nSPS) is 11.2. The first-order valence-corrected chi connectivity index (χ1v) is 7.42. The SMILES string of the molecule is CC(C)NCc1ccc(Sc2cnn(C)c2)cc1Cl. The summed E-state index contributed by atoms with van der Waals surface area (Å²) < 4.78 is 1.80. The summed E-state index contributed by atoms with van der Waals surface area (Å²) in [5, 5.41) is 8.33. The highest BCUT2D eigenvalue weighted by atomic mass is 35.5. The Balaban J connectivity index is 2.06. The van der Waals surface area contributed by atoms with Crippen LogP contribution in [0, 0.1) is 0 Å². The van der Waals surface area contributed by atoms with Crippen molar-refractivity contribution in [2.45, 2.75) is 36.2 Å². The molecule has 1 N–H and O–H groups in total. The first kappa shape index (κ1) is 14.4. The first-order chi connectivity index (χ1) is 9.04. The average molecular weight is 296 g/mol. The third kappa shape index (κ3) is 4.27. The van der Waals surface area contributed by atoms with Gasteiger partial charge >= 0.3 is 0 Å². The summed E-state index contributed by atoms with van der Waals surface area (Å²) in [4.78, 5) is 2.25. The number of aryl methyl sites for hydroxylation is 1. The molecule has 1 heterocycles. The molecule has 0 aliphatic carbocycles. The molecule has 102 valence electrons. The lowest BCUT2D eigenvalue weighted by Crippen LogP contribution is -2.21. The Labute approximate surface area is 123 Å². The second-order valence-electron chi connectivity index (χ2n) is 4.74. The average Bonchev–Trinajstić information content (AvgIpc) is 2.73. The van der Waals surface area contributed by atoms with Crippen molar-refractivity contribution in [3.8, 4) is 0 Å². The molecule has 0 saturated carbocycles. The Bertz CT molecular complexity index is 551. The summed E-state index contributed by atoms with van der Waals surface area (Å²) in [6, 6.07) is 6.65. The molecule has 0 unspecified atom stereocenters. The van der Waals surface area contributed by atoms with Gasteiger partial charge in [-0.1, -0.05) is 43.3 Å². The van der Waals surface area contributed by atoms with Gasteiger partial charge in [-0.25, -0.2) is 0 Å². The maximum Gasteiger partial charge on any atom is 0.0629 e. The zero-order valence-electron chi connectivity index (χ0n) is 11.4. The van der Waals surface area contributed by atoms with E-state index in [2.05, 4.69) is 36.4 Å². The number of aromatic nitrogens is 2. The third-order valence-corrected chi connectivity index (χ3v) is 3.93. The predicted octanol–water partition coefficient (Wildman–Crippen LogP) is 3.72. The fourth-order valence-electron chi connectivity index (χ4n) is 1.64. The van der Waals surface area contributed by atoms with Crippen LogP contribution in [0.2, 0.25) is 5.02 Å². The van der Waals surface area contributed by atoms with Gasteiger partial charge in [0.25, 0.3) is 0 Å². The summed E-state index contributed by atoms with van der Waals surface area (Å²) in [7, 11) is 1.91. The van der Waals surface area contributed by atoms with Crippen molar-refractivity contribution in [3.05, 3.63) is 41.2 Å². The van der Waals surface area contributed by atoms with Crippen LogP contribution in [0.15, 0.2) is 40.4 Å². The second-order valence-corrected chi connectivity index (χ2v) is 6.29. The molecule has 2 rings (SSSR count). The molecule has 2 aromatic rings. The lowest BCUT2D eigenvalue weighted by molar-refractivity contribution is 0.589. The minimum atomic E-state index is 0.459. The van der Waals surface area contributed by atoms with Gasteiger partial charge in [0, 0.05) is 35.7 Å². The van der Waals surface area contributed by atoms with Crippen molar-refractivity contribution < 1.29 is 0 Å². The van der Waals surface area contributed by atoms with Gasteiger partial charge in [0.05, 0.1) is 11.1 Å². The van der Waals surface area contributed by atoms with Crippen LogP contribution in [-0.4, -0.2) is 15.8 Å². The first-order valence-electron chi connectivity index (χ1n) is 6.23. The van der Waals surface area contributed by atoms with Gasteiger partial charge < -0.3 is 5.32 Å². The van der Waals surface area contributed by atoms with Crippen molar-refractivity contribution in [2.75, 3.05) is 0 Å². The van der Waals surface area contributed by atoms with Gasteiger partial charge in [-0.2, -0.15) is 5.10 Å². The molecule has 1 aromatic heterocycles. The van der Waals surface area contributed by atoms with Gasteiger partial charge in [0.2, 0.25) is 0 Å². The van der Waals surface area contributed by atoms with E-state index in [4.69, 9.17) is 11.6 Å². The molecule has 0 spiro atoms. The van der Waals surface area contributed by atoms with Crippen molar-refractivity contribution in [1.29, 1.82) is 0 Å². The highest BCUT2D eigenvalue weighted by Crippen LogP contribution is 2.30. The molecule has 5 heteroatoms. The van der Waals surface area contributed by atoms with Crippen LogP contribution in [-0.2, 0) is 13.6 Å². The second kappa shape index (κ2) is 6.46. The molecule has 0 bridgehead atoms. The van der Waals surface area contributed by atoms with E-state index in [-0.39, 0.29) is 0 Å². The van der Waals surface area contributed by atoms with Gasteiger partial charge in [-0.05, 0) is 17.7 Å². The summed E-state index contributed by atoms with van der Waals surface area (Å²) in [5.74, 6) is 0. The number of hydrogen-bond acceptors (Lipinski definition) is 3. The summed E-state index contributed by atoms with van der Waals surface area (Å²) in [5.41, 5.74) is 1.13. The smallest absolute Gasteiger partial charge is 0.0629 e. The lowest BCUT2D eigenvalue weighted by atomic mass is 10.2. The van der Waals surface area contributed by atoms with E-state index >= 15 is 0 Å². The quantitative estimate of drug-likeness (QED) is 0.912. The molecule has 0 aliphatic rings. The Kier molecular flexibility index (Phi) is 4.91. The summed E-state index contributed by atoms with van der Waals surface area (Å²) in [6.07, 6.45) is 3.85. The number of nitrogens with zero attached hydrogens (tertiary/aromatic N) is 2. The largest absolute Gasteiger partial charge is 0.310 e. The highest BCUT2D eigenvalue weighted by molar-refractivity contribution is 7.99. The van der Waals surface area contributed by atoms with Crippen LogP contribution >= 0.6 is 23.4 Å². The molecular formula is C14H18ClN3S. The van der Waals surface area contributed by atoms with Gasteiger partial charge in [0.15, 0.2) is 0 Å². The van der Waals surface area contributed by atoms with E-state index < -0.39 is 0 Å². The van der Waals surface area contributed by atoms with E-state index in [1.807, 2.05) is 25.5 Å². The van der Waals surface area contributed by atoms with Crippen LogP contribution in [0.1, 0.15) is 19.4 Å². The van der Waals surface area contributed by atoms with Gasteiger partial charge in [-0.3, -0.25) is 4.68 Å². The van der Waals surface area contributed by atoms with E-state index in [9.17, 15) is 0 Å². The van der Waals surface area contributed by atoms with Crippen LogP contribution < -0.4 is 5.32 Å². The van der Waals surface area contributed by atoms with Gasteiger partial charge in [0.1, 0.15) is 0 Å². The molecule has 3 nitrogen and oxygen atoms in total. The van der Waals surface area contributed by atoms with Crippen LogP contribution in [0.3, 0.4) is 0 Å². The topological polar surface area (TPSA) is 29.9 Å². The number of benzene rings is 1. The number of rotatable bonds is 5. The third-order valence-electron chi connectivity index (χ3n) is 2.64. The van der Waals surface area contributed by atoms with Crippen molar-refractivity contribution in [2.24, 2.45) is 7.05 Å². The molecular weight excluding hydrogens is 278 g/mol. The maximum atomic E-state index is 6.31. The number of hydrogen-bond donors (Lipinski definition) is 1. The predicted molar refractivity (Wildman–Crippen MR) is 80.8 cm³/mol. The fraction of sp³-hybridized carbons (Fsp3) is 0.357. The lowest BCUT2D eigenvalue weighted by Gasteiger charge is -2.10. The highest BCUT2D eigenvalue weighted by Gasteiger charge is 2.05. The molecule has 0 radical (unpaired) electrons. The van der Waals surface area contributed by atoms with E-state index in [0.29, 0.717) is 6.04 Å². The Morgan fingerprint density at radius 2 is 2.16 bits per heavy atom. The Morgan fingerprint density at radius 3 is 2.74 bits per heavy atom. The van der Waals surface area contributed by atoms with E-state index in [1.165, 1.54) is 0 Å². The summed E-state index contributed by atoms with van der Waals surface area (Å²) >= 11 is 7.98. The molecule has 0 atom stereocenters. The standard InChI is InChI=1S/C14H18ClN3S/c1-10(2)16-7-11-4-5-12(6-14(11)15)19-13-8-17-18(3)9-13/h4-6,8-10,16H,7H2,1-3H3. The maximum absolute atomic E-state index is 6.31. The van der Waals surface area contributed by atoms with Crippen LogP contribution in [0.25, 0.3) is 0 Å². The molecule has 0 aliphatic heterocycles. The molecule has 1 aromatic carbocycles. The molecule has 0 saturated heterocycles. The van der Waals surface area contributed by atoms with Crippen LogP contribution in [0.4, 0.5) is 0 Å². The van der Waals surface area contributed by atoms with E-state index in [0.717, 1.165) is 26.9 Å².